The van der Waals surface area contributed by atoms with Crippen molar-refractivity contribution in [1.82, 2.24) is 0 Å². The van der Waals surface area contributed by atoms with E-state index >= 15 is 0 Å². The second-order valence-electron chi connectivity index (χ2n) is 3.99. The summed E-state index contributed by atoms with van der Waals surface area (Å²) in [6, 6.07) is 2.67. The molecule has 5 heteroatoms. The predicted molar refractivity (Wildman–Crippen MR) is 58.1 cm³/mol. The summed E-state index contributed by atoms with van der Waals surface area (Å²) in [5, 5.41) is -0.421. The van der Waals surface area contributed by atoms with E-state index in [9.17, 15) is 13.2 Å². The van der Waals surface area contributed by atoms with Gasteiger partial charge in [-0.15, -0.1) is 0 Å². The van der Waals surface area contributed by atoms with E-state index in [1.807, 2.05) is 0 Å². The van der Waals surface area contributed by atoms with Gasteiger partial charge >= 0.3 is 6.18 Å². The highest BCUT2D eigenvalue weighted by molar-refractivity contribution is 6.42. The second kappa shape index (κ2) is 4.11. The Balaban J connectivity index is 2.46. The molecule has 16 heavy (non-hydrogen) atoms. The van der Waals surface area contributed by atoms with E-state index in [-0.39, 0.29) is 10.9 Å². The fourth-order valence-electron chi connectivity index (χ4n) is 1.79. The van der Waals surface area contributed by atoms with E-state index in [1.54, 1.807) is 6.07 Å². The lowest BCUT2D eigenvalue weighted by Gasteiger charge is -2.27. The normalized spacial score (nSPS) is 17.3. The molecule has 2 rings (SSSR count). The van der Waals surface area contributed by atoms with E-state index in [1.165, 1.54) is 0 Å². The number of hydrogen-bond acceptors (Lipinski definition) is 0. The van der Waals surface area contributed by atoms with Crippen molar-refractivity contribution >= 4 is 23.2 Å². The van der Waals surface area contributed by atoms with Gasteiger partial charge in [-0.1, -0.05) is 29.6 Å². The Morgan fingerprint density at radius 3 is 2.19 bits per heavy atom. The number of benzene rings is 1. The fraction of sp³-hybridized carbons (Fsp3) is 0.455. The largest absolute Gasteiger partial charge is 0.417 e. The van der Waals surface area contributed by atoms with Crippen LogP contribution in [0, 0.1) is 0 Å². The first kappa shape index (κ1) is 12.1. The Morgan fingerprint density at radius 2 is 1.75 bits per heavy atom. The van der Waals surface area contributed by atoms with Crippen molar-refractivity contribution in [3.05, 3.63) is 33.3 Å². The highest BCUT2D eigenvalue weighted by atomic mass is 35.5. The van der Waals surface area contributed by atoms with Crippen LogP contribution in [0.15, 0.2) is 12.1 Å². The van der Waals surface area contributed by atoms with Gasteiger partial charge in [0.1, 0.15) is 0 Å². The summed E-state index contributed by atoms with van der Waals surface area (Å²) < 4.78 is 38.0. The zero-order valence-corrected chi connectivity index (χ0v) is 9.76. The Hall–Kier alpha value is -0.410. The van der Waals surface area contributed by atoms with Gasteiger partial charge in [0.15, 0.2) is 0 Å². The molecule has 0 atom stereocenters. The first-order chi connectivity index (χ1) is 7.39. The SMILES string of the molecule is FC(F)(F)c1cc(C2CCC2)cc(Cl)c1Cl. The van der Waals surface area contributed by atoms with Crippen LogP contribution >= 0.6 is 23.2 Å². The minimum Gasteiger partial charge on any atom is -0.166 e. The second-order valence-corrected chi connectivity index (χ2v) is 4.78. The van der Waals surface area contributed by atoms with Crippen molar-refractivity contribution < 1.29 is 13.2 Å². The van der Waals surface area contributed by atoms with Crippen LogP contribution in [0.4, 0.5) is 13.2 Å². The molecule has 1 fully saturated rings. The van der Waals surface area contributed by atoms with Gasteiger partial charge in [0.2, 0.25) is 0 Å². The van der Waals surface area contributed by atoms with E-state index in [4.69, 9.17) is 23.2 Å². The summed E-state index contributed by atoms with van der Waals surface area (Å²) in [5.74, 6) is 0.205. The van der Waals surface area contributed by atoms with Crippen molar-refractivity contribution in [2.45, 2.75) is 31.4 Å². The molecular weight excluding hydrogens is 260 g/mol. The van der Waals surface area contributed by atoms with Gasteiger partial charge < -0.3 is 0 Å². The molecule has 0 bridgehead atoms. The number of halogens is 5. The first-order valence-corrected chi connectivity index (χ1v) is 5.71. The molecule has 1 aliphatic carbocycles. The van der Waals surface area contributed by atoms with Crippen LogP contribution in [0.5, 0.6) is 0 Å². The maximum absolute atomic E-state index is 12.7. The lowest BCUT2D eigenvalue weighted by molar-refractivity contribution is -0.137. The lowest BCUT2D eigenvalue weighted by Crippen LogP contribution is -2.12. The van der Waals surface area contributed by atoms with Gasteiger partial charge in [-0.3, -0.25) is 0 Å². The molecule has 0 nitrogen and oxygen atoms in total. The van der Waals surface area contributed by atoms with Gasteiger partial charge in [0.05, 0.1) is 15.6 Å². The highest BCUT2D eigenvalue weighted by Gasteiger charge is 2.35. The van der Waals surface area contributed by atoms with E-state index < -0.39 is 16.8 Å². The van der Waals surface area contributed by atoms with Gasteiger partial charge in [-0.2, -0.15) is 13.2 Å². The topological polar surface area (TPSA) is 0 Å². The average molecular weight is 269 g/mol. The molecule has 1 aliphatic rings. The van der Waals surface area contributed by atoms with E-state index in [0.29, 0.717) is 5.56 Å². The minimum atomic E-state index is -4.44. The van der Waals surface area contributed by atoms with Crippen molar-refractivity contribution in [2.75, 3.05) is 0 Å². The van der Waals surface area contributed by atoms with Crippen molar-refractivity contribution in [1.29, 1.82) is 0 Å². The Labute approximate surface area is 101 Å². The zero-order valence-electron chi connectivity index (χ0n) is 8.24. The lowest BCUT2D eigenvalue weighted by atomic mass is 9.79. The third kappa shape index (κ3) is 2.16. The van der Waals surface area contributed by atoms with Crippen LogP contribution in [-0.2, 0) is 6.18 Å². The fourth-order valence-corrected chi connectivity index (χ4v) is 2.24. The quantitative estimate of drug-likeness (QED) is 0.650. The summed E-state index contributed by atoms with van der Waals surface area (Å²) in [4.78, 5) is 0. The van der Waals surface area contributed by atoms with Crippen molar-refractivity contribution in [3.63, 3.8) is 0 Å². The average Bonchev–Trinajstić information content (AvgIpc) is 2.05. The molecule has 0 saturated heterocycles. The smallest absolute Gasteiger partial charge is 0.166 e. The molecule has 0 radical (unpaired) electrons. The van der Waals surface area contributed by atoms with Crippen molar-refractivity contribution in [3.8, 4) is 0 Å². The highest BCUT2D eigenvalue weighted by Crippen LogP contribution is 2.43. The Kier molecular flexibility index (Phi) is 3.10. The molecule has 0 aliphatic heterocycles. The van der Waals surface area contributed by atoms with Gasteiger partial charge in [-0.25, -0.2) is 0 Å². The molecule has 0 spiro atoms. The molecule has 0 unspecified atom stereocenters. The third-order valence-corrected chi connectivity index (χ3v) is 3.73. The van der Waals surface area contributed by atoms with Crippen LogP contribution in [0.2, 0.25) is 10.0 Å². The van der Waals surface area contributed by atoms with Crippen molar-refractivity contribution in [2.24, 2.45) is 0 Å². The molecule has 0 heterocycles. The summed E-state index contributed by atoms with van der Waals surface area (Å²) in [6.07, 6.45) is -1.53. The molecule has 0 N–H and O–H groups in total. The summed E-state index contributed by atoms with van der Waals surface area (Å²) in [7, 11) is 0. The molecule has 88 valence electrons. The minimum absolute atomic E-state index is 0.0154. The number of alkyl halides is 3. The van der Waals surface area contributed by atoms with Gasteiger partial charge in [0, 0.05) is 0 Å². The number of rotatable bonds is 1. The third-order valence-electron chi connectivity index (χ3n) is 2.93. The van der Waals surface area contributed by atoms with E-state index in [2.05, 4.69) is 0 Å². The molecule has 0 amide bonds. The van der Waals surface area contributed by atoms with E-state index in [0.717, 1.165) is 25.3 Å². The molecular formula is C11H9Cl2F3. The maximum Gasteiger partial charge on any atom is 0.417 e. The van der Waals surface area contributed by atoms with Crippen LogP contribution in [0.25, 0.3) is 0 Å². The Morgan fingerprint density at radius 1 is 1.12 bits per heavy atom. The summed E-state index contributed by atoms with van der Waals surface area (Å²) in [6.45, 7) is 0. The van der Waals surface area contributed by atoms with Gasteiger partial charge in [0.25, 0.3) is 0 Å². The maximum atomic E-state index is 12.7. The number of hydrogen-bond donors (Lipinski definition) is 0. The predicted octanol–water partition coefficient (Wildman–Crippen LogP) is 5.28. The molecule has 1 aromatic rings. The zero-order chi connectivity index (χ0) is 11.9. The Bertz CT molecular complexity index is 408. The van der Waals surface area contributed by atoms with Crippen LogP contribution in [-0.4, -0.2) is 0 Å². The van der Waals surface area contributed by atoms with Gasteiger partial charge in [-0.05, 0) is 36.5 Å². The molecule has 1 saturated carbocycles. The first-order valence-electron chi connectivity index (χ1n) is 4.95. The van der Waals surface area contributed by atoms with Crippen LogP contribution in [0.3, 0.4) is 0 Å². The van der Waals surface area contributed by atoms with Crippen LogP contribution in [0.1, 0.15) is 36.3 Å². The standard InChI is InChI=1S/C11H9Cl2F3/c12-9-5-7(6-2-1-3-6)4-8(10(9)13)11(14,15)16/h4-6H,1-3H2. The van der Waals surface area contributed by atoms with Crippen LogP contribution < -0.4 is 0 Å². The molecule has 1 aromatic carbocycles. The summed E-state index contributed by atoms with van der Waals surface area (Å²) >= 11 is 11.3. The molecule has 0 aromatic heterocycles. The summed E-state index contributed by atoms with van der Waals surface area (Å²) in [5.41, 5.74) is -0.184. The monoisotopic (exact) mass is 268 g/mol.